The molecule has 4 heteroatoms. The molecule has 0 aliphatic rings. The van der Waals surface area contributed by atoms with E-state index in [1.54, 1.807) is 6.33 Å². The minimum absolute atomic E-state index is 0.181. The molecule has 1 aromatic heterocycles. The van der Waals surface area contributed by atoms with E-state index in [4.69, 9.17) is 0 Å². The fourth-order valence-corrected chi connectivity index (χ4v) is 1.95. The Morgan fingerprint density at radius 1 is 1.25 bits per heavy atom. The second-order valence-electron chi connectivity index (χ2n) is 6.14. The number of rotatable bonds is 5. The van der Waals surface area contributed by atoms with Crippen molar-refractivity contribution in [2.24, 2.45) is 5.41 Å². The van der Waals surface area contributed by atoms with E-state index in [0.717, 1.165) is 17.8 Å². The third kappa shape index (κ3) is 3.92. The molecule has 0 saturated carbocycles. The molecule has 3 N–H and O–H groups in total. The molecule has 4 nitrogen and oxygen atoms in total. The molecule has 0 aliphatic carbocycles. The maximum absolute atomic E-state index is 10.0. The lowest BCUT2D eigenvalue weighted by atomic mass is 9.94. The Hall–Kier alpha value is -1.65. The van der Waals surface area contributed by atoms with Crippen LogP contribution in [0.25, 0.3) is 0 Å². The molecule has 0 radical (unpaired) electrons. The summed E-state index contributed by atoms with van der Waals surface area (Å²) in [5.41, 5.74) is 3.10. The number of aliphatic hydroxyl groups is 1. The number of nitrogens with one attached hydrogen (secondary N) is 2. The number of nitrogens with zero attached hydrogens (tertiary/aromatic N) is 1. The van der Waals surface area contributed by atoms with E-state index in [1.165, 1.54) is 5.56 Å². The minimum atomic E-state index is -0.546. The topological polar surface area (TPSA) is 60.9 Å². The average molecular weight is 273 g/mol. The van der Waals surface area contributed by atoms with Crippen LogP contribution in [0, 0.1) is 5.41 Å². The molecule has 108 valence electrons. The number of H-pyrrole nitrogens is 1. The molecule has 0 amide bonds. The van der Waals surface area contributed by atoms with Crippen LogP contribution in [0.2, 0.25) is 0 Å². The van der Waals surface area contributed by atoms with Gasteiger partial charge in [0.15, 0.2) is 0 Å². The Morgan fingerprint density at radius 3 is 2.60 bits per heavy atom. The second kappa shape index (κ2) is 6.20. The Labute approximate surface area is 120 Å². The molecule has 1 atom stereocenters. The van der Waals surface area contributed by atoms with Crippen molar-refractivity contribution in [1.82, 2.24) is 15.3 Å². The van der Waals surface area contributed by atoms with Crippen LogP contribution in [0.5, 0.6) is 0 Å². The van der Waals surface area contributed by atoms with Gasteiger partial charge in [0.2, 0.25) is 0 Å². The molecule has 0 fully saturated rings. The van der Waals surface area contributed by atoms with Gasteiger partial charge >= 0.3 is 0 Å². The number of benzene rings is 1. The van der Waals surface area contributed by atoms with Gasteiger partial charge in [-0.2, -0.15) is 0 Å². The highest BCUT2D eigenvalue weighted by Crippen LogP contribution is 2.18. The molecule has 1 heterocycles. The van der Waals surface area contributed by atoms with Crippen LogP contribution in [-0.4, -0.2) is 21.3 Å². The molecule has 0 bridgehead atoms. The summed E-state index contributed by atoms with van der Waals surface area (Å²) in [5.74, 6) is 0. The third-order valence-electron chi connectivity index (χ3n) is 3.31. The van der Waals surface area contributed by atoms with Gasteiger partial charge < -0.3 is 10.1 Å². The molecule has 0 aliphatic heterocycles. The zero-order valence-corrected chi connectivity index (χ0v) is 12.4. The van der Waals surface area contributed by atoms with Gasteiger partial charge in [0.05, 0.1) is 17.7 Å². The van der Waals surface area contributed by atoms with Crippen LogP contribution in [0.3, 0.4) is 0 Å². The van der Waals surface area contributed by atoms with E-state index in [2.05, 4.69) is 27.4 Å². The summed E-state index contributed by atoms with van der Waals surface area (Å²) < 4.78 is 0. The summed E-state index contributed by atoms with van der Waals surface area (Å²) in [6.45, 7) is 6.59. The lowest BCUT2D eigenvalue weighted by Gasteiger charge is -2.26. The van der Waals surface area contributed by atoms with Gasteiger partial charge in [0.1, 0.15) is 6.23 Å². The average Bonchev–Trinajstić information content (AvgIpc) is 2.83. The van der Waals surface area contributed by atoms with Crippen LogP contribution in [0.4, 0.5) is 0 Å². The van der Waals surface area contributed by atoms with Crippen LogP contribution < -0.4 is 5.32 Å². The molecule has 0 saturated heterocycles. The minimum Gasteiger partial charge on any atom is -0.378 e. The summed E-state index contributed by atoms with van der Waals surface area (Å²) in [6, 6.07) is 10.3. The van der Waals surface area contributed by atoms with Crippen molar-refractivity contribution in [3.63, 3.8) is 0 Å². The number of aliphatic hydroxyl groups excluding tert-OH is 1. The first-order chi connectivity index (χ1) is 9.47. The summed E-state index contributed by atoms with van der Waals surface area (Å²) in [6.07, 6.45) is 1.96. The van der Waals surface area contributed by atoms with Crippen LogP contribution in [-0.2, 0) is 13.0 Å². The van der Waals surface area contributed by atoms with Gasteiger partial charge in [-0.1, -0.05) is 51.1 Å². The number of hydrogen-bond acceptors (Lipinski definition) is 3. The monoisotopic (exact) mass is 273 g/mol. The van der Waals surface area contributed by atoms with E-state index in [1.807, 2.05) is 39.0 Å². The Kier molecular flexibility index (Phi) is 4.57. The largest absolute Gasteiger partial charge is 0.378 e. The normalized spacial score (nSPS) is 13.4. The number of hydrogen-bond donors (Lipinski definition) is 3. The second-order valence-corrected chi connectivity index (χ2v) is 6.14. The standard InChI is InChI=1S/C16H23N3O/c1-16(2,3)15(20)17-10-14-13(18-11-19-14)9-12-7-5-4-6-8-12/h4-8,11,15,17,20H,9-10H2,1-3H3,(H,18,19). The quantitative estimate of drug-likeness (QED) is 0.733. The summed E-state index contributed by atoms with van der Waals surface area (Å²) in [7, 11) is 0. The van der Waals surface area contributed by atoms with Crippen molar-refractivity contribution >= 4 is 0 Å². The van der Waals surface area contributed by atoms with Crippen LogP contribution >= 0.6 is 0 Å². The molecule has 1 aromatic carbocycles. The lowest BCUT2D eigenvalue weighted by Crippen LogP contribution is -2.39. The van der Waals surface area contributed by atoms with E-state index < -0.39 is 6.23 Å². The molecule has 1 unspecified atom stereocenters. The first kappa shape index (κ1) is 14.8. The van der Waals surface area contributed by atoms with E-state index in [0.29, 0.717) is 6.54 Å². The van der Waals surface area contributed by atoms with Gasteiger partial charge in [0.25, 0.3) is 0 Å². The van der Waals surface area contributed by atoms with Gasteiger partial charge in [-0.05, 0) is 5.56 Å². The Morgan fingerprint density at radius 2 is 1.95 bits per heavy atom. The van der Waals surface area contributed by atoms with Crippen LogP contribution in [0.15, 0.2) is 36.7 Å². The van der Waals surface area contributed by atoms with E-state index in [-0.39, 0.29) is 5.41 Å². The van der Waals surface area contributed by atoms with Gasteiger partial charge in [-0.25, -0.2) is 4.98 Å². The number of aromatic amines is 1. The summed E-state index contributed by atoms with van der Waals surface area (Å²) in [5, 5.41) is 13.2. The first-order valence-electron chi connectivity index (χ1n) is 6.93. The van der Waals surface area contributed by atoms with Gasteiger partial charge in [0, 0.05) is 18.4 Å². The molecule has 2 rings (SSSR count). The van der Waals surface area contributed by atoms with Crippen molar-refractivity contribution < 1.29 is 5.11 Å². The zero-order valence-electron chi connectivity index (χ0n) is 12.4. The zero-order chi connectivity index (χ0) is 14.6. The smallest absolute Gasteiger partial charge is 0.110 e. The highest BCUT2D eigenvalue weighted by atomic mass is 16.3. The SMILES string of the molecule is CC(C)(C)C(O)NCc1[nH]cnc1Cc1ccccc1. The maximum Gasteiger partial charge on any atom is 0.110 e. The van der Waals surface area contributed by atoms with Gasteiger partial charge in [-0.3, -0.25) is 5.32 Å². The van der Waals surface area contributed by atoms with Crippen molar-refractivity contribution in [2.45, 2.75) is 40.0 Å². The Bertz CT molecular complexity index is 528. The van der Waals surface area contributed by atoms with Crippen molar-refractivity contribution in [3.05, 3.63) is 53.6 Å². The van der Waals surface area contributed by atoms with Crippen molar-refractivity contribution in [2.75, 3.05) is 0 Å². The van der Waals surface area contributed by atoms with Crippen LogP contribution in [0.1, 0.15) is 37.7 Å². The molecular formula is C16H23N3O. The van der Waals surface area contributed by atoms with E-state index >= 15 is 0 Å². The summed E-state index contributed by atoms with van der Waals surface area (Å²) in [4.78, 5) is 7.52. The Balaban J connectivity index is 1.99. The first-order valence-corrected chi connectivity index (χ1v) is 6.93. The number of imidazole rings is 1. The molecule has 2 aromatic rings. The van der Waals surface area contributed by atoms with Crippen molar-refractivity contribution in [3.8, 4) is 0 Å². The third-order valence-corrected chi connectivity index (χ3v) is 3.31. The molecule has 20 heavy (non-hydrogen) atoms. The molecular weight excluding hydrogens is 250 g/mol. The van der Waals surface area contributed by atoms with Gasteiger partial charge in [-0.15, -0.1) is 0 Å². The predicted octanol–water partition coefficient (Wildman–Crippen LogP) is 2.45. The summed E-state index contributed by atoms with van der Waals surface area (Å²) >= 11 is 0. The highest BCUT2D eigenvalue weighted by Gasteiger charge is 2.21. The lowest BCUT2D eigenvalue weighted by molar-refractivity contribution is 0.0314. The fourth-order valence-electron chi connectivity index (χ4n) is 1.95. The van der Waals surface area contributed by atoms with Crippen molar-refractivity contribution in [1.29, 1.82) is 0 Å². The predicted molar refractivity (Wildman–Crippen MR) is 80.1 cm³/mol. The fraction of sp³-hybridized carbons (Fsp3) is 0.438. The maximum atomic E-state index is 10.0. The number of aromatic nitrogens is 2. The molecule has 0 spiro atoms. The van der Waals surface area contributed by atoms with E-state index in [9.17, 15) is 5.11 Å². The highest BCUT2D eigenvalue weighted by molar-refractivity contribution is 5.24.